The maximum atomic E-state index is 13.0. The number of likely N-dealkylation sites (tertiary alicyclic amines) is 1. The molecule has 7 heteroatoms. The molecule has 1 aliphatic rings. The second-order valence-corrected chi connectivity index (χ2v) is 8.95. The van der Waals surface area contributed by atoms with Crippen LogP contribution in [0.4, 0.5) is 0 Å². The number of carbonyl (C=O) groups excluding carboxylic acids is 2. The number of aliphatic hydroxyl groups excluding tert-OH is 1. The number of hydrogen-bond acceptors (Lipinski definition) is 6. The van der Waals surface area contributed by atoms with Crippen molar-refractivity contribution in [2.75, 3.05) is 19.8 Å². The number of amides is 1. The number of carbonyl (C=O) groups is 2. The van der Waals surface area contributed by atoms with E-state index >= 15 is 0 Å². The average Bonchev–Trinajstić information content (AvgIpc) is 3.30. The van der Waals surface area contributed by atoms with Crippen LogP contribution in [0.3, 0.4) is 0 Å². The Labute approximate surface area is 195 Å². The molecule has 1 aromatic heterocycles. The zero-order chi connectivity index (χ0) is 24.1. The number of rotatable bonds is 10. The molecule has 2 aromatic rings. The fraction of sp³-hybridized carbons (Fsp3) is 0.462. The number of aryl methyl sites for hydroxylation is 1. The van der Waals surface area contributed by atoms with Gasteiger partial charge in [-0.1, -0.05) is 26.0 Å². The summed E-state index contributed by atoms with van der Waals surface area (Å²) in [6, 6.07) is 9.60. The number of furan rings is 1. The quantitative estimate of drug-likeness (QED) is 0.238. The van der Waals surface area contributed by atoms with Gasteiger partial charge in [-0.25, -0.2) is 0 Å². The van der Waals surface area contributed by atoms with Gasteiger partial charge in [0.2, 0.25) is 0 Å². The Bertz CT molecular complexity index is 1020. The lowest BCUT2D eigenvalue weighted by Crippen LogP contribution is -2.31. The number of hydrogen-bond donors (Lipinski definition) is 1. The Morgan fingerprint density at radius 2 is 1.91 bits per heavy atom. The number of ketones is 1. The van der Waals surface area contributed by atoms with Gasteiger partial charge in [0.1, 0.15) is 29.1 Å². The first kappa shape index (κ1) is 24.6. The zero-order valence-electron chi connectivity index (χ0n) is 20.0. The fourth-order valence-electron chi connectivity index (χ4n) is 3.71. The van der Waals surface area contributed by atoms with E-state index in [1.807, 2.05) is 27.7 Å². The Morgan fingerprint density at radius 1 is 1.15 bits per heavy atom. The van der Waals surface area contributed by atoms with E-state index in [9.17, 15) is 14.7 Å². The summed E-state index contributed by atoms with van der Waals surface area (Å²) in [5.41, 5.74) is 0.422. The van der Waals surface area contributed by atoms with Crippen LogP contribution in [0.2, 0.25) is 0 Å². The van der Waals surface area contributed by atoms with Crippen molar-refractivity contribution in [2.45, 2.75) is 53.2 Å². The number of nitrogens with zero attached hydrogens (tertiary/aromatic N) is 1. The van der Waals surface area contributed by atoms with Crippen LogP contribution in [0, 0.1) is 12.8 Å². The van der Waals surface area contributed by atoms with Crippen molar-refractivity contribution in [2.24, 2.45) is 5.92 Å². The van der Waals surface area contributed by atoms with E-state index in [0.717, 1.165) is 0 Å². The molecule has 1 atom stereocenters. The predicted octanol–water partition coefficient (Wildman–Crippen LogP) is 4.86. The first-order chi connectivity index (χ1) is 15.7. The molecule has 7 nitrogen and oxygen atoms in total. The Morgan fingerprint density at radius 3 is 2.55 bits per heavy atom. The van der Waals surface area contributed by atoms with E-state index in [1.165, 1.54) is 4.90 Å². The molecule has 1 aliphatic heterocycles. The monoisotopic (exact) mass is 455 g/mol. The molecular formula is C26H33NO6. The molecule has 1 unspecified atom stereocenters. The van der Waals surface area contributed by atoms with Crippen LogP contribution in [0.25, 0.3) is 5.76 Å². The second kappa shape index (κ2) is 10.7. The summed E-state index contributed by atoms with van der Waals surface area (Å²) >= 11 is 0. The highest BCUT2D eigenvalue weighted by Crippen LogP contribution is 2.40. The second-order valence-electron chi connectivity index (χ2n) is 8.95. The smallest absolute Gasteiger partial charge is 0.295 e. The lowest BCUT2D eigenvalue weighted by atomic mass is 9.99. The normalized spacial score (nSPS) is 18.0. The molecule has 0 aliphatic carbocycles. The number of benzene rings is 1. The van der Waals surface area contributed by atoms with Gasteiger partial charge in [0.15, 0.2) is 0 Å². The summed E-state index contributed by atoms with van der Waals surface area (Å²) < 4.78 is 17.1. The summed E-state index contributed by atoms with van der Waals surface area (Å²) in [5.74, 6) is 0.376. The van der Waals surface area contributed by atoms with Crippen LogP contribution >= 0.6 is 0 Å². The van der Waals surface area contributed by atoms with E-state index in [0.29, 0.717) is 54.9 Å². The van der Waals surface area contributed by atoms with Crippen LogP contribution in [-0.2, 0) is 14.3 Å². The molecule has 1 amide bonds. The summed E-state index contributed by atoms with van der Waals surface area (Å²) in [5, 5.41) is 11.2. The van der Waals surface area contributed by atoms with Crippen LogP contribution < -0.4 is 4.74 Å². The molecule has 1 N–H and O–H groups in total. The van der Waals surface area contributed by atoms with E-state index in [2.05, 4.69) is 0 Å². The van der Waals surface area contributed by atoms with Crippen LogP contribution in [0.5, 0.6) is 5.75 Å². The topological polar surface area (TPSA) is 89.2 Å². The van der Waals surface area contributed by atoms with Gasteiger partial charge >= 0.3 is 0 Å². The van der Waals surface area contributed by atoms with E-state index in [-0.39, 0.29) is 17.4 Å². The maximum Gasteiger partial charge on any atom is 0.295 e. The Hall–Kier alpha value is -3.06. The van der Waals surface area contributed by atoms with Gasteiger partial charge in [-0.15, -0.1) is 0 Å². The standard InChI is InChI=1S/C26H33NO6/c1-16(2)15-32-20-9-6-8-19(14-20)24(28)22-23(21-11-10-18(5)33-21)27(26(30)25(22)29)12-7-13-31-17(3)4/h6,8-11,14,16-17,23,28H,7,12-13,15H2,1-5H3/b24-22-. The van der Waals surface area contributed by atoms with E-state index in [1.54, 1.807) is 43.3 Å². The van der Waals surface area contributed by atoms with Crippen molar-refractivity contribution in [3.8, 4) is 5.75 Å². The van der Waals surface area contributed by atoms with Gasteiger partial charge in [0.25, 0.3) is 11.7 Å². The molecule has 0 bridgehead atoms. The summed E-state index contributed by atoms with van der Waals surface area (Å²) in [6.07, 6.45) is 0.633. The van der Waals surface area contributed by atoms with Crippen molar-refractivity contribution in [3.63, 3.8) is 0 Å². The molecule has 0 spiro atoms. The van der Waals surface area contributed by atoms with Crippen molar-refractivity contribution in [3.05, 3.63) is 59.1 Å². The first-order valence-corrected chi connectivity index (χ1v) is 11.4. The summed E-state index contributed by atoms with van der Waals surface area (Å²) in [4.78, 5) is 27.4. The molecule has 1 fully saturated rings. The highest BCUT2D eigenvalue weighted by molar-refractivity contribution is 6.46. The Kier molecular flexibility index (Phi) is 7.97. The van der Waals surface area contributed by atoms with Gasteiger partial charge in [-0.2, -0.15) is 0 Å². The molecular weight excluding hydrogens is 422 g/mol. The largest absolute Gasteiger partial charge is 0.507 e. The minimum absolute atomic E-state index is 0.0140. The Balaban J connectivity index is 1.97. The van der Waals surface area contributed by atoms with Crippen LogP contribution in [-0.4, -0.2) is 47.6 Å². The number of Topliss-reactive ketones (excluding diaryl/α,β-unsaturated/α-hetero) is 1. The number of ether oxygens (including phenoxy) is 2. The molecule has 1 saturated heterocycles. The van der Waals surface area contributed by atoms with Crippen molar-refractivity contribution in [1.29, 1.82) is 0 Å². The van der Waals surface area contributed by atoms with Crippen LogP contribution in [0.1, 0.15) is 57.2 Å². The van der Waals surface area contributed by atoms with Gasteiger partial charge in [-0.05, 0) is 57.4 Å². The van der Waals surface area contributed by atoms with E-state index in [4.69, 9.17) is 13.9 Å². The minimum atomic E-state index is -0.807. The highest BCUT2D eigenvalue weighted by atomic mass is 16.5. The molecule has 1 aromatic carbocycles. The SMILES string of the molecule is Cc1ccc(C2/C(=C(/O)c3cccc(OCC(C)C)c3)C(=O)C(=O)N2CCCOC(C)C)o1. The third kappa shape index (κ3) is 5.85. The predicted molar refractivity (Wildman–Crippen MR) is 125 cm³/mol. The van der Waals surface area contributed by atoms with Crippen molar-refractivity contribution < 1.29 is 28.6 Å². The highest BCUT2D eigenvalue weighted by Gasteiger charge is 2.47. The molecule has 3 rings (SSSR count). The molecule has 0 radical (unpaired) electrons. The van der Waals surface area contributed by atoms with Crippen molar-refractivity contribution >= 4 is 17.4 Å². The molecule has 2 heterocycles. The zero-order valence-corrected chi connectivity index (χ0v) is 20.0. The summed E-state index contributed by atoms with van der Waals surface area (Å²) in [6.45, 7) is 11.1. The molecule has 0 saturated carbocycles. The lowest BCUT2D eigenvalue weighted by Gasteiger charge is -2.23. The van der Waals surface area contributed by atoms with Gasteiger partial charge < -0.3 is 23.9 Å². The van der Waals surface area contributed by atoms with E-state index < -0.39 is 17.7 Å². The molecule has 33 heavy (non-hydrogen) atoms. The lowest BCUT2D eigenvalue weighted by molar-refractivity contribution is -0.140. The fourth-order valence-corrected chi connectivity index (χ4v) is 3.71. The summed E-state index contributed by atoms with van der Waals surface area (Å²) in [7, 11) is 0. The van der Waals surface area contributed by atoms with Crippen LogP contribution in [0.15, 0.2) is 46.4 Å². The number of aliphatic hydroxyl groups is 1. The first-order valence-electron chi connectivity index (χ1n) is 11.4. The molecule has 178 valence electrons. The minimum Gasteiger partial charge on any atom is -0.507 e. The van der Waals surface area contributed by atoms with Gasteiger partial charge in [0, 0.05) is 18.7 Å². The third-order valence-corrected chi connectivity index (χ3v) is 5.26. The van der Waals surface area contributed by atoms with Gasteiger partial charge in [0.05, 0.1) is 18.3 Å². The maximum absolute atomic E-state index is 13.0. The average molecular weight is 456 g/mol. The van der Waals surface area contributed by atoms with Gasteiger partial charge in [-0.3, -0.25) is 9.59 Å². The van der Waals surface area contributed by atoms with Crippen molar-refractivity contribution in [1.82, 2.24) is 4.90 Å². The third-order valence-electron chi connectivity index (χ3n) is 5.26.